The van der Waals surface area contributed by atoms with Gasteiger partial charge >= 0.3 is 0 Å². The summed E-state index contributed by atoms with van der Waals surface area (Å²) in [5.74, 6) is -1.04. The number of hydrogen-bond acceptors (Lipinski definition) is 4. The van der Waals surface area contributed by atoms with Crippen LogP contribution in [0.1, 0.15) is 10.5 Å². The Balaban J connectivity index is 2.25. The van der Waals surface area contributed by atoms with Gasteiger partial charge < -0.3 is 11.1 Å². The van der Waals surface area contributed by atoms with Gasteiger partial charge in [-0.1, -0.05) is 6.07 Å². The number of nitrogens with one attached hydrogen (secondary N) is 1. The fourth-order valence-corrected chi connectivity index (χ4v) is 1.71. The van der Waals surface area contributed by atoms with Gasteiger partial charge in [0.15, 0.2) is 0 Å². The normalized spacial score (nSPS) is 10.1. The Kier molecular flexibility index (Phi) is 2.82. The van der Waals surface area contributed by atoms with Crippen LogP contribution in [0.5, 0.6) is 0 Å². The van der Waals surface area contributed by atoms with E-state index in [9.17, 15) is 9.18 Å². The molecule has 0 aliphatic carbocycles. The SMILES string of the molecule is Nc1cccc(F)c1NC(=O)c1cscn1. The fraction of sp³-hybridized carbons (Fsp3) is 0. The Morgan fingerprint density at radius 3 is 2.94 bits per heavy atom. The highest BCUT2D eigenvalue weighted by molar-refractivity contribution is 7.07. The van der Waals surface area contributed by atoms with Crippen LogP contribution in [-0.2, 0) is 0 Å². The van der Waals surface area contributed by atoms with Crippen molar-refractivity contribution in [1.82, 2.24) is 4.98 Å². The molecule has 0 saturated carbocycles. The molecule has 0 saturated heterocycles. The first-order valence-corrected chi connectivity index (χ1v) is 5.36. The molecule has 1 aromatic heterocycles. The molecule has 1 aromatic carbocycles. The number of rotatable bonds is 2. The first kappa shape index (κ1) is 10.6. The summed E-state index contributed by atoms with van der Waals surface area (Å²) in [5, 5.41) is 3.96. The van der Waals surface area contributed by atoms with Crippen molar-refractivity contribution in [3.63, 3.8) is 0 Å². The number of nitrogens with zero attached hydrogens (tertiary/aromatic N) is 1. The van der Waals surface area contributed by atoms with Gasteiger partial charge in [0.05, 0.1) is 11.2 Å². The zero-order valence-electron chi connectivity index (χ0n) is 8.11. The Hall–Kier alpha value is -1.95. The zero-order valence-corrected chi connectivity index (χ0v) is 8.92. The van der Waals surface area contributed by atoms with Gasteiger partial charge in [0, 0.05) is 5.38 Å². The molecule has 2 rings (SSSR count). The second kappa shape index (κ2) is 4.28. The van der Waals surface area contributed by atoms with Crippen LogP contribution in [-0.4, -0.2) is 10.9 Å². The van der Waals surface area contributed by atoms with Gasteiger partial charge in [-0.05, 0) is 12.1 Å². The summed E-state index contributed by atoms with van der Waals surface area (Å²) < 4.78 is 13.3. The van der Waals surface area contributed by atoms with Gasteiger partial charge in [-0.3, -0.25) is 4.79 Å². The van der Waals surface area contributed by atoms with Gasteiger partial charge in [-0.2, -0.15) is 0 Å². The highest BCUT2D eigenvalue weighted by atomic mass is 32.1. The number of carbonyl (C=O) groups excluding carboxylic acids is 1. The predicted octanol–water partition coefficient (Wildman–Crippen LogP) is 2.12. The quantitative estimate of drug-likeness (QED) is 0.786. The second-order valence-corrected chi connectivity index (χ2v) is 3.75. The van der Waals surface area contributed by atoms with Crippen LogP contribution in [0.2, 0.25) is 0 Å². The van der Waals surface area contributed by atoms with Crippen molar-refractivity contribution in [2.45, 2.75) is 0 Å². The molecule has 0 bridgehead atoms. The number of thiazole rings is 1. The van der Waals surface area contributed by atoms with Crippen LogP contribution in [0, 0.1) is 5.82 Å². The van der Waals surface area contributed by atoms with Gasteiger partial charge in [-0.25, -0.2) is 9.37 Å². The molecule has 0 aliphatic rings. The van der Waals surface area contributed by atoms with E-state index in [1.165, 1.54) is 35.0 Å². The van der Waals surface area contributed by atoms with E-state index in [0.717, 1.165) is 0 Å². The van der Waals surface area contributed by atoms with Crippen molar-refractivity contribution in [1.29, 1.82) is 0 Å². The number of amides is 1. The highest BCUT2D eigenvalue weighted by Crippen LogP contribution is 2.22. The molecular formula is C10H8FN3OS. The molecular weight excluding hydrogens is 229 g/mol. The first-order valence-electron chi connectivity index (χ1n) is 4.42. The number of nitrogen functional groups attached to an aromatic ring is 1. The molecule has 1 amide bonds. The molecule has 3 N–H and O–H groups in total. The molecule has 6 heteroatoms. The predicted molar refractivity (Wildman–Crippen MR) is 60.9 cm³/mol. The number of halogens is 1. The summed E-state index contributed by atoms with van der Waals surface area (Å²) in [7, 11) is 0. The molecule has 0 fully saturated rings. The summed E-state index contributed by atoms with van der Waals surface area (Å²) in [5.41, 5.74) is 7.49. The molecule has 0 atom stereocenters. The lowest BCUT2D eigenvalue weighted by Gasteiger charge is -2.07. The van der Waals surface area contributed by atoms with E-state index >= 15 is 0 Å². The van der Waals surface area contributed by atoms with E-state index in [1.807, 2.05) is 0 Å². The third-order valence-electron chi connectivity index (χ3n) is 1.95. The Morgan fingerprint density at radius 2 is 2.31 bits per heavy atom. The van der Waals surface area contributed by atoms with E-state index in [2.05, 4.69) is 10.3 Å². The molecule has 82 valence electrons. The van der Waals surface area contributed by atoms with Crippen LogP contribution in [0.3, 0.4) is 0 Å². The number of anilines is 2. The van der Waals surface area contributed by atoms with E-state index < -0.39 is 11.7 Å². The van der Waals surface area contributed by atoms with Crippen molar-refractivity contribution >= 4 is 28.6 Å². The van der Waals surface area contributed by atoms with E-state index in [1.54, 1.807) is 5.38 Å². The van der Waals surface area contributed by atoms with Gasteiger partial charge in [-0.15, -0.1) is 11.3 Å². The standard InChI is InChI=1S/C10H8FN3OS/c11-6-2-1-3-7(12)9(6)14-10(15)8-4-16-5-13-8/h1-5H,12H2,(H,14,15). The lowest BCUT2D eigenvalue weighted by molar-refractivity contribution is 0.102. The van der Waals surface area contributed by atoms with Crippen molar-refractivity contribution in [3.05, 3.63) is 40.6 Å². The number of benzene rings is 1. The minimum atomic E-state index is -0.566. The number of aromatic nitrogens is 1. The maximum atomic E-state index is 13.3. The lowest BCUT2D eigenvalue weighted by atomic mass is 10.2. The van der Waals surface area contributed by atoms with Crippen molar-refractivity contribution in [2.75, 3.05) is 11.1 Å². The van der Waals surface area contributed by atoms with Crippen molar-refractivity contribution in [2.24, 2.45) is 0 Å². The molecule has 1 heterocycles. The first-order chi connectivity index (χ1) is 7.68. The number of para-hydroxylation sites is 1. The van der Waals surface area contributed by atoms with Crippen molar-refractivity contribution < 1.29 is 9.18 Å². The third-order valence-corrected chi connectivity index (χ3v) is 2.54. The largest absolute Gasteiger partial charge is 0.397 e. The maximum absolute atomic E-state index is 13.3. The molecule has 2 aromatic rings. The summed E-state index contributed by atoms with van der Waals surface area (Å²) in [4.78, 5) is 15.4. The van der Waals surface area contributed by atoms with Crippen LogP contribution < -0.4 is 11.1 Å². The Morgan fingerprint density at radius 1 is 1.50 bits per heavy atom. The van der Waals surface area contributed by atoms with Crippen LogP contribution in [0.15, 0.2) is 29.1 Å². The van der Waals surface area contributed by atoms with Gasteiger partial charge in [0.2, 0.25) is 0 Å². The minimum Gasteiger partial charge on any atom is -0.397 e. The number of carbonyl (C=O) groups is 1. The average molecular weight is 237 g/mol. The second-order valence-electron chi connectivity index (χ2n) is 3.03. The van der Waals surface area contributed by atoms with Crippen LogP contribution in [0.25, 0.3) is 0 Å². The summed E-state index contributed by atoms with van der Waals surface area (Å²) in [6.07, 6.45) is 0. The van der Waals surface area contributed by atoms with E-state index in [0.29, 0.717) is 0 Å². The molecule has 4 nitrogen and oxygen atoms in total. The summed E-state index contributed by atoms with van der Waals surface area (Å²) >= 11 is 1.29. The number of hydrogen-bond donors (Lipinski definition) is 2. The molecule has 0 aliphatic heterocycles. The van der Waals surface area contributed by atoms with Gasteiger partial charge in [0.25, 0.3) is 5.91 Å². The monoisotopic (exact) mass is 237 g/mol. The van der Waals surface area contributed by atoms with E-state index in [-0.39, 0.29) is 17.1 Å². The summed E-state index contributed by atoms with van der Waals surface area (Å²) in [6.45, 7) is 0. The van der Waals surface area contributed by atoms with Crippen LogP contribution >= 0.6 is 11.3 Å². The minimum absolute atomic E-state index is 0.0134. The zero-order chi connectivity index (χ0) is 11.5. The number of nitrogens with two attached hydrogens (primary N) is 1. The highest BCUT2D eigenvalue weighted by Gasteiger charge is 2.12. The third kappa shape index (κ3) is 2.01. The van der Waals surface area contributed by atoms with Crippen molar-refractivity contribution in [3.8, 4) is 0 Å². The fourth-order valence-electron chi connectivity index (χ4n) is 1.17. The van der Waals surface area contributed by atoms with E-state index in [4.69, 9.17) is 5.73 Å². The molecule has 0 radical (unpaired) electrons. The maximum Gasteiger partial charge on any atom is 0.275 e. The Bertz CT molecular complexity index is 493. The summed E-state index contributed by atoms with van der Waals surface area (Å²) in [6, 6.07) is 4.22. The van der Waals surface area contributed by atoms with Crippen LogP contribution in [0.4, 0.5) is 15.8 Å². The Labute approximate surface area is 94.9 Å². The molecule has 0 spiro atoms. The smallest absolute Gasteiger partial charge is 0.275 e. The van der Waals surface area contributed by atoms with Gasteiger partial charge in [0.1, 0.15) is 17.2 Å². The molecule has 16 heavy (non-hydrogen) atoms. The average Bonchev–Trinajstić information content (AvgIpc) is 2.76. The molecule has 0 unspecified atom stereocenters. The topological polar surface area (TPSA) is 68.0 Å². The lowest BCUT2D eigenvalue weighted by Crippen LogP contribution is -2.14.